The maximum Gasteiger partial charge on any atom is 0.296 e. The number of carbonyl (C=O) groups excluding carboxylic acids is 1. The van der Waals surface area contributed by atoms with Gasteiger partial charge in [0.05, 0.1) is 10.2 Å². The van der Waals surface area contributed by atoms with Crippen LogP contribution < -0.4 is 4.90 Å². The molecule has 0 fully saturated rings. The van der Waals surface area contributed by atoms with Crippen molar-refractivity contribution in [3.63, 3.8) is 0 Å². The highest BCUT2D eigenvalue weighted by Gasteiger charge is 2.24. The first-order chi connectivity index (χ1) is 11.9. The van der Waals surface area contributed by atoms with Gasteiger partial charge in [-0.15, -0.1) is 0 Å². The minimum atomic E-state index is -0.122. The first-order valence-electron chi connectivity index (χ1n) is 8.18. The summed E-state index contributed by atoms with van der Waals surface area (Å²) in [7, 11) is 5.82. The molecule has 0 radical (unpaired) electrons. The number of likely N-dealkylation sites (N-methyl/N-ethyl adjacent to an activating group) is 1. The normalized spacial score (nSPS) is 11.4. The van der Waals surface area contributed by atoms with E-state index in [9.17, 15) is 4.79 Å². The predicted molar refractivity (Wildman–Crippen MR) is 103 cm³/mol. The van der Waals surface area contributed by atoms with Crippen LogP contribution in [0.2, 0.25) is 0 Å². The maximum absolute atomic E-state index is 13.1. The number of amides is 1. The number of thiazole rings is 1. The molecule has 7 heteroatoms. The van der Waals surface area contributed by atoms with Crippen molar-refractivity contribution in [3.05, 3.63) is 41.5 Å². The first kappa shape index (κ1) is 17.6. The lowest BCUT2D eigenvalue weighted by Gasteiger charge is -2.21. The van der Waals surface area contributed by atoms with E-state index in [1.807, 2.05) is 21.1 Å². The second-order valence-electron chi connectivity index (χ2n) is 6.55. The van der Waals surface area contributed by atoms with Crippen LogP contribution in [-0.2, 0) is 7.05 Å². The Labute approximate surface area is 151 Å². The van der Waals surface area contributed by atoms with E-state index in [1.165, 1.54) is 11.1 Å². The molecule has 0 atom stereocenters. The topological polar surface area (TPSA) is 54.3 Å². The molecule has 3 aromatic rings. The Bertz CT molecular complexity index is 911. The molecule has 0 saturated heterocycles. The van der Waals surface area contributed by atoms with Crippen LogP contribution in [0.5, 0.6) is 0 Å². The van der Waals surface area contributed by atoms with Gasteiger partial charge in [0.15, 0.2) is 11.0 Å². The van der Waals surface area contributed by atoms with Gasteiger partial charge in [-0.25, -0.2) is 9.97 Å². The highest BCUT2D eigenvalue weighted by molar-refractivity contribution is 7.22. The number of hydrogen-bond acceptors (Lipinski definition) is 5. The summed E-state index contributed by atoms with van der Waals surface area (Å²) in [5.41, 5.74) is 3.31. The predicted octanol–water partition coefficient (Wildman–Crippen LogP) is 2.86. The highest BCUT2D eigenvalue weighted by Crippen LogP contribution is 2.32. The molecular formula is C18H23N5OS. The van der Waals surface area contributed by atoms with Gasteiger partial charge in [0.25, 0.3) is 5.91 Å². The van der Waals surface area contributed by atoms with Crippen molar-refractivity contribution in [1.29, 1.82) is 0 Å². The molecule has 0 aliphatic rings. The number of anilines is 1. The standard InChI is InChI=1S/C18H23N5OS/c1-12-10-13(2)15-14(11-12)20-18(25-15)23(9-8-21(3)4)17(24)16-19-6-7-22(16)5/h6-7,10-11H,8-9H2,1-5H3. The fourth-order valence-corrected chi connectivity index (χ4v) is 3.80. The van der Waals surface area contributed by atoms with Crippen molar-refractivity contribution in [2.24, 2.45) is 7.05 Å². The molecule has 0 N–H and O–H groups in total. The number of aromatic nitrogens is 3. The third-order valence-electron chi connectivity index (χ3n) is 4.07. The first-order valence-corrected chi connectivity index (χ1v) is 9.00. The van der Waals surface area contributed by atoms with Gasteiger partial charge < -0.3 is 9.47 Å². The Balaban J connectivity index is 2.03. The monoisotopic (exact) mass is 357 g/mol. The average Bonchev–Trinajstić information content (AvgIpc) is 3.13. The molecule has 6 nitrogen and oxygen atoms in total. The average molecular weight is 357 g/mol. The molecule has 3 rings (SSSR count). The molecule has 0 unspecified atom stereocenters. The summed E-state index contributed by atoms with van der Waals surface area (Å²) in [6, 6.07) is 4.22. The van der Waals surface area contributed by atoms with Gasteiger partial charge in [-0.05, 0) is 45.1 Å². The molecule has 25 heavy (non-hydrogen) atoms. The minimum absolute atomic E-state index is 0.122. The largest absolute Gasteiger partial charge is 0.330 e. The molecule has 0 aliphatic heterocycles. The third-order valence-corrected chi connectivity index (χ3v) is 5.30. The number of aryl methyl sites for hydroxylation is 3. The highest BCUT2D eigenvalue weighted by atomic mass is 32.1. The molecule has 2 aromatic heterocycles. The van der Waals surface area contributed by atoms with Crippen LogP contribution in [0.15, 0.2) is 24.5 Å². The minimum Gasteiger partial charge on any atom is -0.330 e. The zero-order valence-corrected chi connectivity index (χ0v) is 16.1. The lowest BCUT2D eigenvalue weighted by molar-refractivity contribution is 0.0972. The summed E-state index contributed by atoms with van der Waals surface area (Å²) >= 11 is 1.56. The Morgan fingerprint density at radius 2 is 2.00 bits per heavy atom. The fourth-order valence-electron chi connectivity index (χ4n) is 2.76. The van der Waals surface area contributed by atoms with Crippen molar-refractivity contribution in [3.8, 4) is 0 Å². The van der Waals surface area contributed by atoms with E-state index in [-0.39, 0.29) is 5.91 Å². The molecule has 2 heterocycles. The van der Waals surface area contributed by atoms with E-state index in [0.717, 1.165) is 21.9 Å². The zero-order chi connectivity index (χ0) is 18.1. The summed E-state index contributed by atoms with van der Waals surface area (Å²) in [6.07, 6.45) is 3.42. The van der Waals surface area contributed by atoms with Gasteiger partial charge in [-0.3, -0.25) is 9.69 Å². The summed E-state index contributed by atoms with van der Waals surface area (Å²) < 4.78 is 2.87. The molecule has 0 aliphatic carbocycles. The molecule has 132 valence electrons. The van der Waals surface area contributed by atoms with Gasteiger partial charge in [-0.1, -0.05) is 17.4 Å². The van der Waals surface area contributed by atoms with Crippen molar-refractivity contribution >= 4 is 32.6 Å². The Morgan fingerprint density at radius 1 is 1.24 bits per heavy atom. The fraction of sp³-hybridized carbons (Fsp3) is 0.389. The van der Waals surface area contributed by atoms with Gasteiger partial charge in [-0.2, -0.15) is 0 Å². The van der Waals surface area contributed by atoms with Crippen LogP contribution >= 0.6 is 11.3 Å². The summed E-state index contributed by atoms with van der Waals surface area (Å²) in [5.74, 6) is 0.300. The maximum atomic E-state index is 13.1. The molecule has 1 amide bonds. The summed E-state index contributed by atoms with van der Waals surface area (Å²) in [4.78, 5) is 25.8. The van der Waals surface area contributed by atoms with Crippen molar-refractivity contribution < 1.29 is 4.79 Å². The smallest absolute Gasteiger partial charge is 0.296 e. The van der Waals surface area contributed by atoms with E-state index >= 15 is 0 Å². The van der Waals surface area contributed by atoms with Crippen molar-refractivity contribution in [1.82, 2.24) is 19.4 Å². The van der Waals surface area contributed by atoms with E-state index in [1.54, 1.807) is 33.2 Å². The van der Waals surface area contributed by atoms with Gasteiger partial charge in [0, 0.05) is 32.5 Å². The lowest BCUT2D eigenvalue weighted by atomic mass is 10.1. The van der Waals surface area contributed by atoms with Gasteiger partial charge in [0.1, 0.15) is 0 Å². The SMILES string of the molecule is Cc1cc(C)c2sc(N(CCN(C)C)C(=O)c3nccn3C)nc2c1. The number of rotatable bonds is 5. The van der Waals surface area contributed by atoms with Crippen molar-refractivity contribution in [2.45, 2.75) is 13.8 Å². The summed E-state index contributed by atoms with van der Waals surface area (Å²) in [6.45, 7) is 5.47. The van der Waals surface area contributed by atoms with Crippen LogP contribution in [0.3, 0.4) is 0 Å². The van der Waals surface area contributed by atoms with E-state index in [0.29, 0.717) is 12.4 Å². The molecular weight excluding hydrogens is 334 g/mol. The number of hydrogen-bond donors (Lipinski definition) is 0. The Kier molecular flexibility index (Phi) is 4.87. The second-order valence-corrected chi connectivity index (χ2v) is 7.53. The van der Waals surface area contributed by atoms with E-state index in [4.69, 9.17) is 4.98 Å². The molecule has 0 saturated carbocycles. The number of nitrogens with zero attached hydrogens (tertiary/aromatic N) is 5. The van der Waals surface area contributed by atoms with Crippen LogP contribution in [0.1, 0.15) is 21.7 Å². The Morgan fingerprint density at radius 3 is 2.64 bits per heavy atom. The number of carbonyl (C=O) groups is 1. The second kappa shape index (κ2) is 6.93. The van der Waals surface area contributed by atoms with Crippen LogP contribution in [-0.4, -0.2) is 52.5 Å². The van der Waals surface area contributed by atoms with E-state index in [2.05, 4.69) is 35.9 Å². The van der Waals surface area contributed by atoms with Crippen LogP contribution in [0.25, 0.3) is 10.2 Å². The summed E-state index contributed by atoms with van der Waals surface area (Å²) in [5, 5.41) is 0.721. The van der Waals surface area contributed by atoms with Crippen LogP contribution in [0.4, 0.5) is 5.13 Å². The molecule has 1 aromatic carbocycles. The van der Waals surface area contributed by atoms with E-state index < -0.39 is 0 Å². The quantitative estimate of drug-likeness (QED) is 0.705. The lowest BCUT2D eigenvalue weighted by Crippen LogP contribution is -2.38. The third kappa shape index (κ3) is 3.57. The Hall–Kier alpha value is -2.25. The zero-order valence-electron chi connectivity index (χ0n) is 15.3. The van der Waals surface area contributed by atoms with Gasteiger partial charge >= 0.3 is 0 Å². The van der Waals surface area contributed by atoms with Crippen molar-refractivity contribution in [2.75, 3.05) is 32.1 Å². The van der Waals surface area contributed by atoms with Crippen LogP contribution in [0, 0.1) is 13.8 Å². The van der Waals surface area contributed by atoms with Gasteiger partial charge in [0.2, 0.25) is 0 Å². The number of imidazole rings is 1. The number of fused-ring (bicyclic) bond motifs is 1. The molecule has 0 spiro atoms. The number of benzene rings is 1. The molecule has 0 bridgehead atoms.